The fourth-order valence-corrected chi connectivity index (χ4v) is 9.66. The SMILES string of the molecule is CC(C)(C)[Si](OCc1c(Cl)ccc(-c2cc[nH]c2C#N)c1Cl)(c1ccccc1)c1ccccc1. The van der Waals surface area contributed by atoms with E-state index in [4.69, 9.17) is 27.6 Å². The number of H-pyrrole nitrogens is 1. The van der Waals surface area contributed by atoms with Crippen LogP contribution < -0.4 is 10.4 Å². The molecule has 1 aromatic heterocycles. The van der Waals surface area contributed by atoms with Gasteiger partial charge in [-0.05, 0) is 27.5 Å². The molecule has 172 valence electrons. The molecule has 4 aromatic rings. The van der Waals surface area contributed by atoms with Crippen molar-refractivity contribution < 1.29 is 4.43 Å². The molecule has 3 nitrogen and oxygen atoms in total. The summed E-state index contributed by atoms with van der Waals surface area (Å²) in [5.41, 5.74) is 2.68. The van der Waals surface area contributed by atoms with Crippen LogP contribution >= 0.6 is 23.2 Å². The number of halogens is 2. The Hall–Kier alpha value is -2.81. The average Bonchev–Trinajstić information content (AvgIpc) is 3.30. The Balaban J connectivity index is 1.84. The number of benzene rings is 3. The number of nitrogens with one attached hydrogen (secondary N) is 1. The highest BCUT2D eigenvalue weighted by molar-refractivity contribution is 6.99. The molecule has 4 rings (SSSR count). The lowest BCUT2D eigenvalue weighted by molar-refractivity contribution is 0.286. The first-order valence-corrected chi connectivity index (χ1v) is 13.8. The van der Waals surface area contributed by atoms with Gasteiger partial charge in [-0.15, -0.1) is 0 Å². The van der Waals surface area contributed by atoms with Gasteiger partial charge in [-0.3, -0.25) is 0 Å². The maximum Gasteiger partial charge on any atom is 0.261 e. The van der Waals surface area contributed by atoms with Crippen LogP contribution in [-0.2, 0) is 11.0 Å². The standard InChI is InChI=1S/C28H26Cl2N2OSi/c1-28(2,3)34(20-10-6-4-7-11-20,21-12-8-5-9-13-21)33-19-24-25(29)15-14-23(27(24)30)22-16-17-32-26(22)18-31/h4-17,32H,19H2,1-3H3. The zero-order chi connectivity index (χ0) is 24.3. The van der Waals surface area contributed by atoms with Gasteiger partial charge in [0.1, 0.15) is 11.8 Å². The first-order valence-electron chi connectivity index (χ1n) is 11.1. The Morgan fingerprint density at radius 3 is 1.97 bits per heavy atom. The zero-order valence-electron chi connectivity index (χ0n) is 19.4. The fraction of sp³-hybridized carbons (Fsp3) is 0.179. The molecule has 6 heteroatoms. The Kier molecular flexibility index (Phi) is 7.02. The molecule has 0 amide bonds. The molecule has 3 aromatic carbocycles. The summed E-state index contributed by atoms with van der Waals surface area (Å²) in [5, 5.41) is 12.7. The number of hydrogen-bond acceptors (Lipinski definition) is 2. The highest BCUT2D eigenvalue weighted by Crippen LogP contribution is 2.40. The predicted molar refractivity (Wildman–Crippen MR) is 143 cm³/mol. The second kappa shape index (κ2) is 9.81. The third kappa shape index (κ3) is 4.33. The fourth-order valence-electron chi connectivity index (χ4n) is 4.57. The minimum Gasteiger partial charge on any atom is -0.403 e. The molecule has 0 aliphatic rings. The Morgan fingerprint density at radius 1 is 0.853 bits per heavy atom. The number of nitrogens with zero attached hydrogens (tertiary/aromatic N) is 1. The third-order valence-electron chi connectivity index (χ3n) is 6.18. The van der Waals surface area contributed by atoms with Gasteiger partial charge in [0.25, 0.3) is 8.32 Å². The van der Waals surface area contributed by atoms with E-state index in [1.165, 1.54) is 10.4 Å². The Labute approximate surface area is 212 Å². The van der Waals surface area contributed by atoms with Crippen molar-refractivity contribution in [1.29, 1.82) is 5.26 Å². The highest BCUT2D eigenvalue weighted by Gasteiger charge is 2.50. The number of rotatable bonds is 6. The molecular formula is C28H26Cl2N2OSi. The molecular weight excluding hydrogens is 479 g/mol. The van der Waals surface area contributed by atoms with Crippen molar-refractivity contribution in [2.75, 3.05) is 0 Å². The number of hydrogen-bond donors (Lipinski definition) is 1. The molecule has 0 fully saturated rings. The van der Waals surface area contributed by atoms with E-state index in [9.17, 15) is 5.26 Å². The quantitative estimate of drug-likeness (QED) is 0.289. The van der Waals surface area contributed by atoms with Crippen molar-refractivity contribution in [3.05, 3.63) is 106 Å². The van der Waals surface area contributed by atoms with Gasteiger partial charge in [0.05, 0.1) is 11.6 Å². The highest BCUT2D eigenvalue weighted by atomic mass is 35.5. The molecule has 1 N–H and O–H groups in total. The molecule has 0 bridgehead atoms. The van der Waals surface area contributed by atoms with Crippen LogP contribution in [0.2, 0.25) is 15.1 Å². The first-order chi connectivity index (χ1) is 16.3. The van der Waals surface area contributed by atoms with Crippen LogP contribution in [0.25, 0.3) is 11.1 Å². The Morgan fingerprint density at radius 2 is 1.44 bits per heavy atom. The van der Waals surface area contributed by atoms with Crippen molar-refractivity contribution in [2.45, 2.75) is 32.4 Å². The van der Waals surface area contributed by atoms with Crippen LogP contribution in [0.5, 0.6) is 0 Å². The summed E-state index contributed by atoms with van der Waals surface area (Å²) in [4.78, 5) is 2.96. The van der Waals surface area contributed by atoms with Crippen molar-refractivity contribution in [3.63, 3.8) is 0 Å². The summed E-state index contributed by atoms with van der Waals surface area (Å²) in [6, 6.07) is 28.6. The van der Waals surface area contributed by atoms with Crippen molar-refractivity contribution in [2.24, 2.45) is 0 Å². The number of aromatic amines is 1. The average molecular weight is 506 g/mol. The molecule has 0 spiro atoms. The van der Waals surface area contributed by atoms with Gasteiger partial charge in [-0.25, -0.2) is 0 Å². The number of nitriles is 1. The van der Waals surface area contributed by atoms with E-state index in [2.05, 4.69) is 80.4 Å². The lowest BCUT2D eigenvalue weighted by atomic mass is 10.0. The smallest absolute Gasteiger partial charge is 0.261 e. The first kappa shape index (κ1) is 24.3. The van der Waals surface area contributed by atoms with E-state index in [1.54, 1.807) is 6.20 Å². The lowest BCUT2D eigenvalue weighted by Crippen LogP contribution is -2.66. The van der Waals surface area contributed by atoms with Gasteiger partial charge >= 0.3 is 0 Å². The third-order valence-corrected chi connectivity index (χ3v) is 12.0. The largest absolute Gasteiger partial charge is 0.403 e. The van der Waals surface area contributed by atoms with Crippen LogP contribution in [-0.4, -0.2) is 13.3 Å². The molecule has 0 saturated carbocycles. The molecule has 0 atom stereocenters. The topological polar surface area (TPSA) is 48.8 Å². The van der Waals surface area contributed by atoms with E-state index < -0.39 is 8.32 Å². The molecule has 0 saturated heterocycles. The Bertz CT molecular complexity index is 1280. The van der Waals surface area contributed by atoms with E-state index in [1.807, 2.05) is 30.3 Å². The summed E-state index contributed by atoms with van der Waals surface area (Å²) >= 11 is 13.5. The van der Waals surface area contributed by atoms with Gasteiger partial charge < -0.3 is 9.41 Å². The summed E-state index contributed by atoms with van der Waals surface area (Å²) < 4.78 is 7.04. The van der Waals surface area contributed by atoms with Crippen LogP contribution in [0.15, 0.2) is 85.1 Å². The van der Waals surface area contributed by atoms with E-state index >= 15 is 0 Å². The molecule has 1 heterocycles. The number of aromatic nitrogens is 1. The van der Waals surface area contributed by atoms with E-state index in [0.717, 1.165) is 16.7 Å². The van der Waals surface area contributed by atoms with Gasteiger partial charge in [0, 0.05) is 27.9 Å². The molecule has 0 aliphatic carbocycles. The maximum atomic E-state index is 9.47. The summed E-state index contributed by atoms with van der Waals surface area (Å²) in [6.07, 6.45) is 1.73. The van der Waals surface area contributed by atoms with Crippen LogP contribution in [0.3, 0.4) is 0 Å². The second-order valence-electron chi connectivity index (χ2n) is 9.22. The van der Waals surface area contributed by atoms with E-state index in [0.29, 0.717) is 15.7 Å². The van der Waals surface area contributed by atoms with Crippen molar-refractivity contribution in [3.8, 4) is 17.2 Å². The minimum atomic E-state index is -2.76. The molecule has 34 heavy (non-hydrogen) atoms. The monoisotopic (exact) mass is 504 g/mol. The van der Waals surface area contributed by atoms with Gasteiger partial charge in [0.2, 0.25) is 0 Å². The van der Waals surface area contributed by atoms with Crippen molar-refractivity contribution in [1.82, 2.24) is 4.98 Å². The minimum absolute atomic E-state index is 0.166. The van der Waals surface area contributed by atoms with Gasteiger partial charge in [-0.1, -0.05) is 111 Å². The predicted octanol–water partition coefficient (Wildman–Crippen LogP) is 6.94. The zero-order valence-corrected chi connectivity index (χ0v) is 21.9. The van der Waals surface area contributed by atoms with Crippen LogP contribution in [0.1, 0.15) is 32.0 Å². The van der Waals surface area contributed by atoms with Gasteiger partial charge in [0.15, 0.2) is 0 Å². The normalized spacial score (nSPS) is 11.9. The lowest BCUT2D eigenvalue weighted by Gasteiger charge is -2.43. The van der Waals surface area contributed by atoms with Crippen LogP contribution in [0, 0.1) is 11.3 Å². The maximum absolute atomic E-state index is 9.47. The molecule has 0 unspecified atom stereocenters. The van der Waals surface area contributed by atoms with E-state index in [-0.39, 0.29) is 11.6 Å². The summed E-state index contributed by atoms with van der Waals surface area (Å²) in [6.45, 7) is 6.96. The van der Waals surface area contributed by atoms with Crippen molar-refractivity contribution >= 4 is 41.9 Å². The summed E-state index contributed by atoms with van der Waals surface area (Å²) in [5.74, 6) is 0. The molecule has 0 radical (unpaired) electrons. The van der Waals surface area contributed by atoms with Crippen LogP contribution in [0.4, 0.5) is 0 Å². The van der Waals surface area contributed by atoms with Gasteiger partial charge in [-0.2, -0.15) is 5.26 Å². The summed E-state index contributed by atoms with van der Waals surface area (Å²) in [7, 11) is -2.76. The second-order valence-corrected chi connectivity index (χ2v) is 14.3. The molecule has 0 aliphatic heterocycles.